The van der Waals surface area contributed by atoms with Crippen LogP contribution in [0.25, 0.3) is 0 Å². The molecule has 17 heavy (non-hydrogen) atoms. The molecule has 0 aliphatic carbocycles. The lowest BCUT2D eigenvalue weighted by molar-refractivity contribution is -0.0114. The van der Waals surface area contributed by atoms with E-state index in [-0.39, 0.29) is 6.61 Å². The second kappa shape index (κ2) is 6.03. The minimum absolute atomic E-state index is 0.281. The molecule has 0 saturated heterocycles. The maximum atomic E-state index is 10.1. The Balaban J connectivity index is 2.66. The lowest BCUT2D eigenvalue weighted by Gasteiger charge is -2.25. The molecule has 96 valence electrons. The van der Waals surface area contributed by atoms with Crippen molar-refractivity contribution in [1.82, 2.24) is 0 Å². The number of hydrogen-bond donors (Lipinski definition) is 2. The first-order valence-electron chi connectivity index (χ1n) is 6.14. The Kier molecular flexibility index (Phi) is 4.97. The van der Waals surface area contributed by atoms with E-state index in [1.54, 1.807) is 13.0 Å². The van der Waals surface area contributed by atoms with Crippen LogP contribution in [0.5, 0.6) is 5.75 Å². The van der Waals surface area contributed by atoms with Crippen molar-refractivity contribution >= 4 is 0 Å². The summed E-state index contributed by atoms with van der Waals surface area (Å²) in [7, 11) is 0. The molecule has 0 aliphatic rings. The van der Waals surface area contributed by atoms with Crippen molar-refractivity contribution < 1.29 is 14.9 Å². The van der Waals surface area contributed by atoms with E-state index >= 15 is 0 Å². The van der Waals surface area contributed by atoms with Crippen molar-refractivity contribution in [1.29, 1.82) is 0 Å². The highest BCUT2D eigenvalue weighted by Crippen LogP contribution is 2.21. The third-order valence-electron chi connectivity index (χ3n) is 3.16. The molecule has 1 rings (SSSR count). The minimum atomic E-state index is -0.763. The van der Waals surface area contributed by atoms with Gasteiger partial charge in [-0.15, -0.1) is 0 Å². The third kappa shape index (κ3) is 4.02. The van der Waals surface area contributed by atoms with E-state index in [4.69, 9.17) is 4.74 Å². The number of hydrogen-bond acceptors (Lipinski definition) is 3. The summed E-state index contributed by atoms with van der Waals surface area (Å²) in [6.45, 7) is 5.88. The second-order valence-corrected chi connectivity index (χ2v) is 4.47. The molecular formula is C14H22O3. The standard InChI is InChI=1S/C14H22O3/c1-4-14(16,5-2)10-17-13-8-6-7-12(9-13)11(3)15/h6-9,11,15-16H,4-5,10H2,1-3H3/t11-/m0/s1. The van der Waals surface area contributed by atoms with Gasteiger partial charge in [-0.1, -0.05) is 26.0 Å². The van der Waals surface area contributed by atoms with Crippen LogP contribution in [-0.2, 0) is 0 Å². The highest BCUT2D eigenvalue weighted by Gasteiger charge is 2.23. The molecule has 0 fully saturated rings. The summed E-state index contributed by atoms with van der Waals surface area (Å²) in [6, 6.07) is 7.33. The van der Waals surface area contributed by atoms with Crippen LogP contribution in [0.2, 0.25) is 0 Å². The first-order chi connectivity index (χ1) is 8.00. The van der Waals surface area contributed by atoms with Crippen LogP contribution in [0, 0.1) is 0 Å². The Morgan fingerprint density at radius 1 is 1.29 bits per heavy atom. The predicted octanol–water partition coefficient (Wildman–Crippen LogP) is 2.67. The van der Waals surface area contributed by atoms with E-state index in [1.807, 2.05) is 32.0 Å². The molecule has 0 radical (unpaired) electrons. The highest BCUT2D eigenvalue weighted by molar-refractivity contribution is 5.29. The summed E-state index contributed by atoms with van der Waals surface area (Å²) < 4.78 is 5.58. The largest absolute Gasteiger partial charge is 0.491 e. The van der Waals surface area contributed by atoms with E-state index in [9.17, 15) is 10.2 Å². The Morgan fingerprint density at radius 2 is 1.94 bits per heavy atom. The van der Waals surface area contributed by atoms with E-state index < -0.39 is 11.7 Å². The molecule has 1 aromatic rings. The van der Waals surface area contributed by atoms with Gasteiger partial charge < -0.3 is 14.9 Å². The third-order valence-corrected chi connectivity index (χ3v) is 3.16. The smallest absolute Gasteiger partial charge is 0.119 e. The first-order valence-corrected chi connectivity index (χ1v) is 6.14. The lowest BCUT2D eigenvalue weighted by atomic mass is 9.99. The summed E-state index contributed by atoms with van der Waals surface area (Å²) >= 11 is 0. The van der Waals surface area contributed by atoms with Crippen LogP contribution in [0.4, 0.5) is 0 Å². The second-order valence-electron chi connectivity index (χ2n) is 4.47. The van der Waals surface area contributed by atoms with Gasteiger partial charge in [-0.2, -0.15) is 0 Å². The summed E-state index contributed by atoms with van der Waals surface area (Å²) in [4.78, 5) is 0. The van der Waals surface area contributed by atoms with Crippen LogP contribution in [-0.4, -0.2) is 22.4 Å². The van der Waals surface area contributed by atoms with Crippen LogP contribution in [0.1, 0.15) is 45.3 Å². The lowest BCUT2D eigenvalue weighted by Crippen LogP contribution is -2.34. The first kappa shape index (κ1) is 14.0. The van der Waals surface area contributed by atoms with Gasteiger partial charge >= 0.3 is 0 Å². The van der Waals surface area contributed by atoms with Crippen LogP contribution in [0.3, 0.4) is 0 Å². The zero-order chi connectivity index (χ0) is 12.9. The van der Waals surface area contributed by atoms with Gasteiger partial charge in [-0.3, -0.25) is 0 Å². The molecule has 3 nitrogen and oxygen atoms in total. The van der Waals surface area contributed by atoms with Gasteiger partial charge in [0, 0.05) is 0 Å². The zero-order valence-corrected chi connectivity index (χ0v) is 10.8. The fourth-order valence-electron chi connectivity index (χ4n) is 1.54. The monoisotopic (exact) mass is 238 g/mol. The maximum Gasteiger partial charge on any atom is 0.119 e. The summed E-state index contributed by atoms with van der Waals surface area (Å²) in [6.07, 6.45) is 0.828. The quantitative estimate of drug-likeness (QED) is 0.801. The van der Waals surface area contributed by atoms with E-state index in [0.29, 0.717) is 18.6 Å². The van der Waals surface area contributed by atoms with E-state index in [0.717, 1.165) is 5.56 Å². The Labute approximate surface area is 103 Å². The summed E-state index contributed by atoms with van der Waals surface area (Å²) in [5.74, 6) is 0.684. The van der Waals surface area contributed by atoms with Crippen molar-refractivity contribution in [2.75, 3.05) is 6.61 Å². The SMILES string of the molecule is CCC(O)(CC)COc1cccc([C@H](C)O)c1. The van der Waals surface area contributed by atoms with Crippen LogP contribution in [0.15, 0.2) is 24.3 Å². The van der Waals surface area contributed by atoms with Gasteiger partial charge in [0.05, 0.1) is 11.7 Å². The van der Waals surface area contributed by atoms with Crippen molar-refractivity contribution in [2.24, 2.45) is 0 Å². The van der Waals surface area contributed by atoms with Crippen LogP contribution < -0.4 is 4.74 Å². The van der Waals surface area contributed by atoms with Gasteiger partial charge in [0.25, 0.3) is 0 Å². The fourth-order valence-corrected chi connectivity index (χ4v) is 1.54. The van der Waals surface area contributed by atoms with Crippen LogP contribution >= 0.6 is 0 Å². The van der Waals surface area contributed by atoms with Gasteiger partial charge in [0.15, 0.2) is 0 Å². The number of aliphatic hydroxyl groups excluding tert-OH is 1. The van der Waals surface area contributed by atoms with Crippen molar-refractivity contribution in [2.45, 2.75) is 45.3 Å². The van der Waals surface area contributed by atoms with Crippen molar-refractivity contribution in [3.8, 4) is 5.75 Å². The van der Waals surface area contributed by atoms with Gasteiger partial charge in [-0.05, 0) is 37.5 Å². The van der Waals surface area contributed by atoms with Gasteiger partial charge in [-0.25, -0.2) is 0 Å². The van der Waals surface area contributed by atoms with Gasteiger partial charge in [0.1, 0.15) is 12.4 Å². The summed E-state index contributed by atoms with van der Waals surface area (Å²) in [5.41, 5.74) is 0.0555. The summed E-state index contributed by atoms with van der Waals surface area (Å²) in [5, 5.41) is 19.6. The Hall–Kier alpha value is -1.06. The topological polar surface area (TPSA) is 49.7 Å². The molecule has 1 atom stereocenters. The zero-order valence-electron chi connectivity index (χ0n) is 10.8. The molecule has 0 aromatic heterocycles. The molecule has 0 unspecified atom stereocenters. The molecular weight excluding hydrogens is 216 g/mol. The molecule has 2 N–H and O–H groups in total. The van der Waals surface area contributed by atoms with Crippen molar-refractivity contribution in [3.05, 3.63) is 29.8 Å². The molecule has 3 heteroatoms. The molecule has 0 spiro atoms. The number of ether oxygens (including phenoxy) is 1. The van der Waals surface area contributed by atoms with E-state index in [2.05, 4.69) is 0 Å². The van der Waals surface area contributed by atoms with Gasteiger partial charge in [0.2, 0.25) is 0 Å². The van der Waals surface area contributed by atoms with E-state index in [1.165, 1.54) is 0 Å². The normalized spacial score (nSPS) is 13.5. The number of aliphatic hydroxyl groups is 2. The fraction of sp³-hybridized carbons (Fsp3) is 0.571. The van der Waals surface area contributed by atoms with Crippen molar-refractivity contribution in [3.63, 3.8) is 0 Å². The molecule has 0 aliphatic heterocycles. The maximum absolute atomic E-state index is 10.1. The molecule has 1 aromatic carbocycles. The average Bonchev–Trinajstić information content (AvgIpc) is 2.36. The average molecular weight is 238 g/mol. The minimum Gasteiger partial charge on any atom is -0.491 e. The molecule has 0 saturated carbocycles. The highest BCUT2D eigenvalue weighted by atomic mass is 16.5. The molecule has 0 heterocycles. The molecule has 0 bridgehead atoms. The Bertz CT molecular complexity index is 343. The Morgan fingerprint density at radius 3 is 2.47 bits per heavy atom. The number of benzene rings is 1. The predicted molar refractivity (Wildman–Crippen MR) is 68.1 cm³/mol. The number of rotatable bonds is 6. The molecule has 0 amide bonds.